The monoisotopic (exact) mass is 421 g/mol. The van der Waals surface area contributed by atoms with Crippen LogP contribution in [0.1, 0.15) is 5.56 Å². The van der Waals surface area contributed by atoms with E-state index in [1.54, 1.807) is 0 Å². The molecule has 4 nitrogen and oxygen atoms in total. The number of para-hydroxylation sites is 1. The van der Waals surface area contributed by atoms with Crippen LogP contribution in [0, 0.1) is 0 Å². The Kier molecular flexibility index (Phi) is 6.31. The second-order valence-corrected chi connectivity index (χ2v) is 23.9. The highest BCUT2D eigenvalue weighted by Crippen LogP contribution is 2.27. The Morgan fingerprint density at radius 1 is 0.963 bits per heavy atom. The molecule has 0 spiro atoms. The molecule has 0 radical (unpaired) electrons. The zero-order valence-electron chi connectivity index (χ0n) is 18.3. The van der Waals surface area contributed by atoms with Gasteiger partial charge in [0.15, 0.2) is 16.6 Å². The van der Waals surface area contributed by atoms with Crippen molar-refractivity contribution in [2.45, 2.75) is 71.4 Å². The summed E-state index contributed by atoms with van der Waals surface area (Å²) >= 11 is 0. The fraction of sp³-hybridized carbons (Fsp3) is 0.550. The van der Waals surface area contributed by atoms with E-state index in [4.69, 9.17) is 8.85 Å². The minimum Gasteiger partial charge on any atom is -0.518 e. The summed E-state index contributed by atoms with van der Waals surface area (Å²) in [6.07, 6.45) is 2.26. The van der Waals surface area contributed by atoms with Gasteiger partial charge in [0, 0.05) is 17.3 Å². The minimum atomic E-state index is -1.97. The summed E-state index contributed by atoms with van der Waals surface area (Å²) in [6.45, 7) is 19.5. The lowest BCUT2D eigenvalue weighted by Gasteiger charge is -2.28. The molecule has 0 bridgehead atoms. The Bertz CT molecular complexity index is 810. The fourth-order valence-electron chi connectivity index (χ4n) is 3.13. The molecule has 0 saturated heterocycles. The maximum atomic E-state index is 12.9. The molecule has 150 valence electrons. The molecular weight excluding hydrogens is 386 g/mol. The predicted octanol–water partition coefficient (Wildman–Crippen LogP) is 5.47. The van der Waals surface area contributed by atoms with Crippen LogP contribution < -0.4 is 0 Å². The van der Waals surface area contributed by atoms with Gasteiger partial charge in [-0.05, 0) is 57.1 Å². The van der Waals surface area contributed by atoms with E-state index in [0.717, 1.165) is 0 Å². The number of benzene rings is 1. The lowest BCUT2D eigenvalue weighted by atomic mass is 10.1. The maximum absolute atomic E-state index is 12.9. The van der Waals surface area contributed by atoms with Gasteiger partial charge in [-0.1, -0.05) is 37.8 Å². The highest BCUT2D eigenvalue weighted by Gasteiger charge is 2.32. The maximum Gasteiger partial charge on any atom is 0.321 e. The van der Waals surface area contributed by atoms with Crippen LogP contribution in [0.15, 0.2) is 30.5 Å². The van der Waals surface area contributed by atoms with Gasteiger partial charge in [0.1, 0.15) is 6.10 Å². The summed E-state index contributed by atoms with van der Waals surface area (Å²) in [4.78, 5) is 12.9. The first-order valence-electron chi connectivity index (χ1n) is 9.67. The van der Waals surface area contributed by atoms with Crippen LogP contribution in [0.5, 0.6) is 0 Å². The van der Waals surface area contributed by atoms with E-state index in [1.165, 1.54) is 16.5 Å². The van der Waals surface area contributed by atoms with Gasteiger partial charge in [-0.2, -0.15) is 0 Å². The first kappa shape index (κ1) is 22.1. The second-order valence-electron chi connectivity index (χ2n) is 10.2. The molecule has 1 aromatic heterocycles. The molecule has 0 amide bonds. The van der Waals surface area contributed by atoms with E-state index in [1.807, 2.05) is 19.6 Å². The van der Waals surface area contributed by atoms with Gasteiger partial charge in [0.25, 0.3) is 0 Å². The number of carbonyl (C=O) groups excluding carboxylic acids is 1. The van der Waals surface area contributed by atoms with Gasteiger partial charge in [-0.15, -0.1) is 0 Å². The van der Waals surface area contributed by atoms with Crippen LogP contribution in [-0.4, -0.2) is 41.2 Å². The van der Waals surface area contributed by atoms with Crippen molar-refractivity contribution in [3.8, 4) is 0 Å². The first-order valence-corrected chi connectivity index (χ1v) is 19.9. The number of nitrogens with zero attached hydrogens (tertiary/aromatic N) is 1. The zero-order valence-corrected chi connectivity index (χ0v) is 21.3. The Hall–Kier alpha value is -1.16. The standard InChI is InChI=1S/C20H35NO3Si3/c1-25(2,3)21-15-16(17-12-10-11-13-18(17)21)14-19(23-26(4,5)6)20(22)24-27(7,8)9/h10-13,15,19H,14H2,1-9H3. The van der Waals surface area contributed by atoms with Crippen molar-refractivity contribution in [2.75, 3.05) is 0 Å². The van der Waals surface area contributed by atoms with Gasteiger partial charge in [0.2, 0.25) is 8.32 Å². The zero-order chi connectivity index (χ0) is 20.6. The Balaban J connectivity index is 2.44. The molecule has 0 saturated carbocycles. The second kappa shape index (κ2) is 7.69. The van der Waals surface area contributed by atoms with Crippen molar-refractivity contribution in [3.63, 3.8) is 0 Å². The van der Waals surface area contributed by atoms with Crippen molar-refractivity contribution >= 4 is 41.7 Å². The van der Waals surface area contributed by atoms with Crippen LogP contribution in [0.4, 0.5) is 0 Å². The normalized spacial score (nSPS) is 14.4. The lowest BCUT2D eigenvalue weighted by Crippen LogP contribution is -2.42. The summed E-state index contributed by atoms with van der Waals surface area (Å²) in [5.74, 6) is -0.207. The number of rotatable bonds is 7. The predicted molar refractivity (Wildman–Crippen MR) is 122 cm³/mol. The molecular formula is C20H35NO3Si3. The topological polar surface area (TPSA) is 40.5 Å². The number of hydrogen-bond acceptors (Lipinski definition) is 3. The molecule has 2 aromatic rings. The number of hydrogen-bond donors (Lipinski definition) is 0. The molecule has 0 N–H and O–H groups in total. The number of fused-ring (bicyclic) bond motifs is 1. The third kappa shape index (κ3) is 6.17. The van der Waals surface area contributed by atoms with Crippen molar-refractivity contribution in [3.05, 3.63) is 36.0 Å². The molecule has 0 fully saturated rings. The number of carbonyl (C=O) groups is 1. The smallest absolute Gasteiger partial charge is 0.321 e. The van der Waals surface area contributed by atoms with Gasteiger partial charge >= 0.3 is 5.97 Å². The fourth-order valence-corrected chi connectivity index (χ4v) is 6.36. The molecule has 0 aliphatic rings. The van der Waals surface area contributed by atoms with Gasteiger partial charge < -0.3 is 13.1 Å². The minimum absolute atomic E-state index is 0.207. The summed E-state index contributed by atoms with van der Waals surface area (Å²) < 4.78 is 14.5. The first-order chi connectivity index (χ1) is 12.2. The Labute approximate surface area is 167 Å². The van der Waals surface area contributed by atoms with Crippen LogP contribution in [-0.2, 0) is 20.1 Å². The molecule has 7 heteroatoms. The molecule has 1 atom stereocenters. The van der Waals surface area contributed by atoms with E-state index in [9.17, 15) is 4.79 Å². The SMILES string of the molecule is C[Si](C)(C)OC(=O)C(Cc1cn([Si](C)(C)C)c2ccccc12)O[Si](C)(C)C. The lowest BCUT2D eigenvalue weighted by molar-refractivity contribution is -0.143. The largest absolute Gasteiger partial charge is 0.518 e. The van der Waals surface area contributed by atoms with E-state index in [2.05, 4.69) is 74.0 Å². The number of aromatic nitrogens is 1. The highest BCUT2D eigenvalue weighted by molar-refractivity contribution is 6.75. The molecule has 2 rings (SSSR count). The summed E-state index contributed by atoms with van der Waals surface area (Å²) in [6, 6.07) is 8.47. The van der Waals surface area contributed by atoms with Gasteiger partial charge in [0.05, 0.1) is 0 Å². The molecule has 1 unspecified atom stereocenters. The average Bonchev–Trinajstić information content (AvgIpc) is 2.82. The summed E-state index contributed by atoms with van der Waals surface area (Å²) in [7, 11) is -5.42. The van der Waals surface area contributed by atoms with Crippen LogP contribution in [0.2, 0.25) is 58.9 Å². The molecule has 27 heavy (non-hydrogen) atoms. The third-order valence-electron chi connectivity index (χ3n) is 4.09. The van der Waals surface area contributed by atoms with Crippen LogP contribution in [0.3, 0.4) is 0 Å². The molecule has 0 aliphatic carbocycles. The van der Waals surface area contributed by atoms with Crippen LogP contribution in [0.25, 0.3) is 10.9 Å². The third-order valence-corrected chi connectivity index (χ3v) is 7.71. The van der Waals surface area contributed by atoms with E-state index in [-0.39, 0.29) is 5.97 Å². The Morgan fingerprint density at radius 3 is 2.07 bits per heavy atom. The van der Waals surface area contributed by atoms with Crippen molar-refractivity contribution < 1.29 is 13.6 Å². The molecule has 0 aliphatic heterocycles. The van der Waals surface area contributed by atoms with E-state index >= 15 is 0 Å². The summed E-state index contributed by atoms with van der Waals surface area (Å²) in [5, 5.41) is 1.21. The van der Waals surface area contributed by atoms with Gasteiger partial charge in [-0.3, -0.25) is 4.79 Å². The van der Waals surface area contributed by atoms with Gasteiger partial charge in [-0.25, -0.2) is 0 Å². The highest BCUT2D eigenvalue weighted by atomic mass is 28.4. The quantitative estimate of drug-likeness (QED) is 0.557. The molecule has 1 heterocycles. The average molecular weight is 422 g/mol. The van der Waals surface area contributed by atoms with E-state index in [0.29, 0.717) is 6.42 Å². The van der Waals surface area contributed by atoms with Crippen molar-refractivity contribution in [1.29, 1.82) is 0 Å². The molecule has 1 aromatic carbocycles. The van der Waals surface area contributed by atoms with Crippen molar-refractivity contribution in [1.82, 2.24) is 4.23 Å². The van der Waals surface area contributed by atoms with Crippen molar-refractivity contribution in [2.24, 2.45) is 0 Å². The van der Waals surface area contributed by atoms with E-state index < -0.39 is 31.0 Å². The summed E-state index contributed by atoms with van der Waals surface area (Å²) in [5.41, 5.74) is 2.42. The Morgan fingerprint density at radius 2 is 1.56 bits per heavy atom. The van der Waals surface area contributed by atoms with Crippen LogP contribution >= 0.6 is 0 Å².